The Morgan fingerprint density at radius 3 is 2.88 bits per heavy atom. The van der Waals surface area contributed by atoms with Crippen LogP contribution in [0, 0.1) is 5.92 Å². The molecule has 1 amide bonds. The number of ether oxygens (including phenoxy) is 2. The number of oxazole rings is 1. The molecule has 0 unspecified atom stereocenters. The molecule has 0 fully saturated rings. The first-order chi connectivity index (χ1) is 12.1. The summed E-state index contributed by atoms with van der Waals surface area (Å²) < 4.78 is 16.1. The second kappa shape index (κ2) is 7.38. The van der Waals surface area contributed by atoms with Crippen molar-refractivity contribution in [2.24, 2.45) is 5.92 Å². The van der Waals surface area contributed by atoms with Crippen LogP contribution in [0.2, 0.25) is 0 Å². The lowest BCUT2D eigenvalue weighted by atomic mass is 9.96. The highest BCUT2D eigenvalue weighted by Crippen LogP contribution is 2.28. The molecule has 1 N–H and O–H groups in total. The van der Waals surface area contributed by atoms with Crippen LogP contribution in [-0.4, -0.2) is 30.1 Å². The van der Waals surface area contributed by atoms with E-state index in [1.54, 1.807) is 6.92 Å². The standard InChI is InChI=1S/C18H20N2O5/c1-3-14-19-15(18(22)23-4-2)17(25-14)20-16(21)12-9-11-7-5-6-8-13(11)24-10-12/h5-8,12H,3-4,9-10H2,1-2H3,(H,20,21)/t12-/m1/s1. The lowest BCUT2D eigenvalue weighted by Gasteiger charge is -2.24. The first-order valence-electron chi connectivity index (χ1n) is 8.30. The van der Waals surface area contributed by atoms with Crippen molar-refractivity contribution in [1.29, 1.82) is 0 Å². The van der Waals surface area contributed by atoms with Crippen LogP contribution in [0.4, 0.5) is 5.88 Å². The zero-order chi connectivity index (χ0) is 17.8. The summed E-state index contributed by atoms with van der Waals surface area (Å²) in [5, 5.41) is 2.66. The van der Waals surface area contributed by atoms with Crippen molar-refractivity contribution in [2.45, 2.75) is 26.7 Å². The molecule has 7 nitrogen and oxygen atoms in total. The van der Waals surface area contributed by atoms with Crippen LogP contribution in [-0.2, 0) is 22.4 Å². The second-order valence-electron chi connectivity index (χ2n) is 5.67. The average Bonchev–Trinajstić information content (AvgIpc) is 3.04. The van der Waals surface area contributed by atoms with Crippen LogP contribution in [0.3, 0.4) is 0 Å². The highest BCUT2D eigenvalue weighted by molar-refractivity contribution is 5.99. The molecule has 7 heteroatoms. The molecule has 1 aromatic carbocycles. The van der Waals surface area contributed by atoms with Crippen LogP contribution in [0.5, 0.6) is 5.75 Å². The summed E-state index contributed by atoms with van der Waals surface area (Å²) >= 11 is 0. The third kappa shape index (κ3) is 3.65. The quantitative estimate of drug-likeness (QED) is 0.839. The first-order valence-corrected chi connectivity index (χ1v) is 8.30. The third-order valence-corrected chi connectivity index (χ3v) is 3.93. The molecule has 0 radical (unpaired) electrons. The van der Waals surface area contributed by atoms with Gasteiger partial charge in [0, 0.05) is 6.42 Å². The number of aromatic nitrogens is 1. The molecular formula is C18H20N2O5. The van der Waals surface area contributed by atoms with Crippen molar-refractivity contribution < 1.29 is 23.5 Å². The fourth-order valence-electron chi connectivity index (χ4n) is 2.65. The van der Waals surface area contributed by atoms with Crippen LogP contribution in [0.25, 0.3) is 0 Å². The molecule has 25 heavy (non-hydrogen) atoms. The summed E-state index contributed by atoms with van der Waals surface area (Å²) in [5.74, 6) is -0.0834. The third-order valence-electron chi connectivity index (χ3n) is 3.93. The van der Waals surface area contributed by atoms with Crippen molar-refractivity contribution in [3.63, 3.8) is 0 Å². The average molecular weight is 344 g/mol. The lowest BCUT2D eigenvalue weighted by molar-refractivity contribution is -0.121. The minimum Gasteiger partial charge on any atom is -0.492 e. The fraction of sp³-hybridized carbons (Fsp3) is 0.389. The van der Waals surface area contributed by atoms with Gasteiger partial charge >= 0.3 is 5.97 Å². The number of nitrogens with one attached hydrogen (secondary N) is 1. The Labute approximate surface area is 145 Å². The fourth-order valence-corrected chi connectivity index (χ4v) is 2.65. The summed E-state index contributed by atoms with van der Waals surface area (Å²) in [7, 11) is 0. The largest absolute Gasteiger partial charge is 0.492 e. The van der Waals surface area contributed by atoms with Crippen molar-refractivity contribution in [3.05, 3.63) is 41.4 Å². The molecule has 0 saturated carbocycles. The van der Waals surface area contributed by atoms with Crippen LogP contribution in [0.1, 0.15) is 35.8 Å². The van der Waals surface area contributed by atoms with E-state index in [-0.39, 0.29) is 36.6 Å². The van der Waals surface area contributed by atoms with E-state index in [0.29, 0.717) is 18.7 Å². The van der Waals surface area contributed by atoms with Gasteiger partial charge in [-0.3, -0.25) is 10.1 Å². The molecule has 2 heterocycles. The molecule has 1 aliphatic rings. The van der Waals surface area contributed by atoms with Gasteiger partial charge in [0.2, 0.25) is 17.5 Å². The Morgan fingerprint density at radius 2 is 2.12 bits per heavy atom. The van der Waals surface area contributed by atoms with E-state index in [4.69, 9.17) is 13.9 Å². The van der Waals surface area contributed by atoms with Gasteiger partial charge in [-0.2, -0.15) is 0 Å². The summed E-state index contributed by atoms with van der Waals surface area (Å²) in [5.41, 5.74) is 0.968. The number of para-hydroxylation sites is 1. The molecule has 0 saturated heterocycles. The van der Waals surface area contributed by atoms with Gasteiger partial charge < -0.3 is 13.9 Å². The smallest absolute Gasteiger partial charge is 0.362 e. The number of rotatable bonds is 5. The van der Waals surface area contributed by atoms with E-state index in [0.717, 1.165) is 11.3 Å². The van der Waals surface area contributed by atoms with E-state index in [2.05, 4.69) is 10.3 Å². The predicted molar refractivity (Wildman–Crippen MR) is 89.6 cm³/mol. The monoisotopic (exact) mass is 344 g/mol. The number of carbonyl (C=O) groups excluding carboxylic acids is 2. The molecule has 1 aromatic heterocycles. The van der Waals surface area contributed by atoms with Gasteiger partial charge in [-0.05, 0) is 25.0 Å². The summed E-state index contributed by atoms with van der Waals surface area (Å²) in [6, 6.07) is 7.62. The molecule has 132 valence electrons. The summed E-state index contributed by atoms with van der Waals surface area (Å²) in [4.78, 5) is 28.7. The molecular weight excluding hydrogens is 324 g/mol. The Kier molecular flexibility index (Phi) is 5.02. The minimum absolute atomic E-state index is 0.0100. The number of nitrogens with zero attached hydrogens (tertiary/aromatic N) is 1. The zero-order valence-corrected chi connectivity index (χ0v) is 14.2. The Hall–Kier alpha value is -2.83. The number of fused-ring (bicyclic) bond motifs is 1. The van der Waals surface area contributed by atoms with E-state index in [1.807, 2.05) is 31.2 Å². The lowest BCUT2D eigenvalue weighted by Crippen LogP contribution is -2.32. The van der Waals surface area contributed by atoms with Gasteiger partial charge in [0.15, 0.2) is 5.89 Å². The highest BCUT2D eigenvalue weighted by Gasteiger charge is 2.29. The molecule has 1 atom stereocenters. The number of aryl methyl sites for hydroxylation is 1. The van der Waals surface area contributed by atoms with E-state index in [9.17, 15) is 9.59 Å². The van der Waals surface area contributed by atoms with Crippen LogP contribution in [0.15, 0.2) is 28.7 Å². The van der Waals surface area contributed by atoms with Crippen molar-refractivity contribution in [2.75, 3.05) is 18.5 Å². The molecule has 2 aromatic rings. The predicted octanol–water partition coefficient (Wildman–Crippen LogP) is 2.60. The van der Waals surface area contributed by atoms with E-state index >= 15 is 0 Å². The van der Waals surface area contributed by atoms with Crippen molar-refractivity contribution in [1.82, 2.24) is 4.98 Å². The number of hydrogen-bond acceptors (Lipinski definition) is 6. The van der Waals surface area contributed by atoms with Crippen LogP contribution < -0.4 is 10.1 Å². The van der Waals surface area contributed by atoms with Crippen molar-refractivity contribution >= 4 is 17.8 Å². The maximum atomic E-state index is 12.6. The second-order valence-corrected chi connectivity index (χ2v) is 5.67. The van der Waals surface area contributed by atoms with Gasteiger partial charge in [0.25, 0.3) is 0 Å². The maximum absolute atomic E-state index is 12.6. The highest BCUT2D eigenvalue weighted by atomic mass is 16.5. The van der Waals surface area contributed by atoms with Gasteiger partial charge in [-0.1, -0.05) is 25.1 Å². The Balaban J connectivity index is 1.75. The number of amides is 1. The van der Waals surface area contributed by atoms with Gasteiger partial charge in [0.05, 0.1) is 12.5 Å². The molecule has 0 bridgehead atoms. The summed E-state index contributed by atoms with van der Waals surface area (Å²) in [6.45, 7) is 4.03. The topological polar surface area (TPSA) is 90.7 Å². The molecule has 1 aliphatic heterocycles. The number of hydrogen-bond donors (Lipinski definition) is 1. The first kappa shape index (κ1) is 17.0. The number of anilines is 1. The maximum Gasteiger partial charge on any atom is 0.362 e. The number of benzene rings is 1. The molecule has 0 aliphatic carbocycles. The zero-order valence-electron chi connectivity index (χ0n) is 14.2. The summed E-state index contributed by atoms with van der Waals surface area (Å²) in [6.07, 6.45) is 1.06. The van der Waals surface area contributed by atoms with Crippen LogP contribution >= 0.6 is 0 Å². The van der Waals surface area contributed by atoms with Gasteiger partial charge in [0.1, 0.15) is 12.4 Å². The van der Waals surface area contributed by atoms with Gasteiger partial charge in [-0.15, -0.1) is 0 Å². The molecule has 3 rings (SSSR count). The number of esters is 1. The normalized spacial score (nSPS) is 15.8. The number of carbonyl (C=O) groups is 2. The Morgan fingerprint density at radius 1 is 1.32 bits per heavy atom. The van der Waals surface area contributed by atoms with Gasteiger partial charge in [-0.25, -0.2) is 9.78 Å². The molecule has 0 spiro atoms. The SMILES string of the molecule is CCOC(=O)c1nc(CC)oc1NC(=O)[C@H]1COc2ccccc2C1. The van der Waals surface area contributed by atoms with E-state index < -0.39 is 5.97 Å². The Bertz CT molecular complexity index is 784. The van der Waals surface area contributed by atoms with Crippen molar-refractivity contribution in [3.8, 4) is 5.75 Å². The minimum atomic E-state index is -0.619. The van der Waals surface area contributed by atoms with E-state index in [1.165, 1.54) is 0 Å².